The fourth-order valence-electron chi connectivity index (χ4n) is 1.98. The van der Waals surface area contributed by atoms with Crippen molar-refractivity contribution in [1.29, 1.82) is 0 Å². The van der Waals surface area contributed by atoms with Crippen LogP contribution >= 0.6 is 23.2 Å². The van der Waals surface area contributed by atoms with Crippen molar-refractivity contribution >= 4 is 23.2 Å². The Bertz CT molecular complexity index is 576. The number of benzene rings is 2. The van der Waals surface area contributed by atoms with Gasteiger partial charge in [-0.1, -0.05) is 34.8 Å². The molecule has 0 saturated heterocycles. The lowest BCUT2D eigenvalue weighted by atomic mass is 9.99. The molecule has 4 heteroatoms. The van der Waals surface area contributed by atoms with Crippen LogP contribution in [0.2, 0.25) is 10.0 Å². The summed E-state index contributed by atoms with van der Waals surface area (Å²) in [6.07, 6.45) is -0.828. The minimum absolute atomic E-state index is 0.494. The molecule has 0 aromatic heterocycles. The molecular formula is C15H14Cl2O2. The quantitative estimate of drug-likeness (QED) is 0.910. The van der Waals surface area contributed by atoms with Gasteiger partial charge in [0.15, 0.2) is 0 Å². The Balaban J connectivity index is 2.48. The molecule has 2 rings (SSSR count). The van der Waals surface area contributed by atoms with Gasteiger partial charge in [0, 0.05) is 15.6 Å². The summed E-state index contributed by atoms with van der Waals surface area (Å²) in [6.45, 7) is 1.96. The third-order valence-electron chi connectivity index (χ3n) is 2.88. The molecule has 0 bridgehead atoms. The SMILES string of the molecule is COc1ccc(C)cc1C(O)c1cc(Cl)cc(Cl)c1. The van der Waals surface area contributed by atoms with E-state index >= 15 is 0 Å². The van der Waals surface area contributed by atoms with Gasteiger partial charge >= 0.3 is 0 Å². The van der Waals surface area contributed by atoms with Gasteiger partial charge in [-0.3, -0.25) is 0 Å². The molecule has 19 heavy (non-hydrogen) atoms. The molecule has 2 aromatic carbocycles. The average Bonchev–Trinajstić information content (AvgIpc) is 2.36. The summed E-state index contributed by atoms with van der Waals surface area (Å²) in [5, 5.41) is 11.5. The first-order chi connectivity index (χ1) is 9.01. The molecule has 0 saturated carbocycles. The molecule has 2 aromatic rings. The lowest BCUT2D eigenvalue weighted by molar-refractivity contribution is 0.214. The van der Waals surface area contributed by atoms with Crippen LogP contribution in [0.5, 0.6) is 5.75 Å². The molecule has 0 aliphatic rings. The maximum atomic E-state index is 10.5. The van der Waals surface area contributed by atoms with Crippen LogP contribution in [0.3, 0.4) is 0 Å². The Morgan fingerprint density at radius 2 is 1.68 bits per heavy atom. The molecule has 0 amide bonds. The number of hydrogen-bond acceptors (Lipinski definition) is 2. The van der Waals surface area contributed by atoms with Gasteiger partial charge in [-0.2, -0.15) is 0 Å². The van der Waals surface area contributed by atoms with E-state index in [2.05, 4.69) is 0 Å². The third kappa shape index (κ3) is 3.21. The number of rotatable bonds is 3. The van der Waals surface area contributed by atoms with E-state index in [-0.39, 0.29) is 0 Å². The van der Waals surface area contributed by atoms with Gasteiger partial charge in [0.05, 0.1) is 7.11 Å². The van der Waals surface area contributed by atoms with Crippen molar-refractivity contribution in [1.82, 2.24) is 0 Å². The second kappa shape index (κ2) is 5.83. The van der Waals surface area contributed by atoms with E-state index in [4.69, 9.17) is 27.9 Å². The van der Waals surface area contributed by atoms with Crippen LogP contribution in [0.15, 0.2) is 36.4 Å². The predicted molar refractivity (Wildman–Crippen MR) is 78.3 cm³/mol. The molecule has 0 radical (unpaired) electrons. The molecule has 0 aliphatic carbocycles. The summed E-state index contributed by atoms with van der Waals surface area (Å²) < 4.78 is 5.28. The van der Waals surface area contributed by atoms with Crippen LogP contribution in [0.4, 0.5) is 0 Å². The van der Waals surface area contributed by atoms with E-state index in [9.17, 15) is 5.11 Å². The first kappa shape index (κ1) is 14.2. The summed E-state index contributed by atoms with van der Waals surface area (Å²) >= 11 is 11.9. The zero-order valence-corrected chi connectivity index (χ0v) is 12.2. The van der Waals surface area contributed by atoms with Crippen LogP contribution in [-0.4, -0.2) is 12.2 Å². The Morgan fingerprint density at radius 1 is 1.05 bits per heavy atom. The molecule has 1 atom stereocenters. The lowest BCUT2D eigenvalue weighted by Gasteiger charge is -2.16. The fraction of sp³-hybridized carbons (Fsp3) is 0.200. The molecule has 0 heterocycles. The summed E-state index contributed by atoms with van der Waals surface area (Å²) in [7, 11) is 1.58. The topological polar surface area (TPSA) is 29.5 Å². The van der Waals surface area contributed by atoms with Crippen LogP contribution < -0.4 is 4.74 Å². The summed E-state index contributed by atoms with van der Waals surface area (Å²) in [5.41, 5.74) is 2.38. The Kier molecular flexibility index (Phi) is 4.35. The van der Waals surface area contributed by atoms with Gasteiger partial charge in [0.2, 0.25) is 0 Å². The van der Waals surface area contributed by atoms with Gasteiger partial charge in [-0.25, -0.2) is 0 Å². The van der Waals surface area contributed by atoms with E-state index < -0.39 is 6.10 Å². The molecule has 0 fully saturated rings. The summed E-state index contributed by atoms with van der Waals surface area (Å²) in [5.74, 6) is 0.634. The van der Waals surface area contributed by atoms with Gasteiger partial charge in [-0.15, -0.1) is 0 Å². The Hall–Kier alpha value is -1.22. The van der Waals surface area contributed by atoms with Crippen molar-refractivity contribution in [3.63, 3.8) is 0 Å². The lowest BCUT2D eigenvalue weighted by Crippen LogP contribution is -2.03. The number of aliphatic hydroxyl groups is 1. The smallest absolute Gasteiger partial charge is 0.125 e. The first-order valence-corrected chi connectivity index (χ1v) is 6.55. The largest absolute Gasteiger partial charge is 0.496 e. The van der Waals surface area contributed by atoms with E-state index in [1.54, 1.807) is 25.3 Å². The highest BCUT2D eigenvalue weighted by Gasteiger charge is 2.16. The van der Waals surface area contributed by atoms with Gasteiger partial charge < -0.3 is 9.84 Å². The van der Waals surface area contributed by atoms with Crippen LogP contribution in [0.1, 0.15) is 22.8 Å². The number of halogens is 2. The molecule has 100 valence electrons. The number of aryl methyl sites for hydroxylation is 1. The Morgan fingerprint density at radius 3 is 2.26 bits per heavy atom. The van der Waals surface area contributed by atoms with Crippen molar-refractivity contribution in [2.24, 2.45) is 0 Å². The van der Waals surface area contributed by atoms with Crippen molar-refractivity contribution in [3.05, 3.63) is 63.1 Å². The third-order valence-corrected chi connectivity index (χ3v) is 3.32. The van der Waals surface area contributed by atoms with Crippen molar-refractivity contribution in [2.75, 3.05) is 7.11 Å². The highest BCUT2D eigenvalue weighted by molar-refractivity contribution is 6.34. The van der Waals surface area contributed by atoms with E-state index in [1.165, 1.54) is 0 Å². The first-order valence-electron chi connectivity index (χ1n) is 5.80. The van der Waals surface area contributed by atoms with E-state index in [0.717, 1.165) is 5.56 Å². The van der Waals surface area contributed by atoms with E-state index in [1.807, 2.05) is 25.1 Å². The van der Waals surface area contributed by atoms with Crippen molar-refractivity contribution in [2.45, 2.75) is 13.0 Å². The van der Waals surface area contributed by atoms with Gasteiger partial charge in [-0.05, 0) is 42.8 Å². The number of ether oxygens (including phenoxy) is 1. The number of hydrogen-bond donors (Lipinski definition) is 1. The molecule has 1 N–H and O–H groups in total. The second-order valence-corrected chi connectivity index (χ2v) is 5.22. The minimum Gasteiger partial charge on any atom is -0.496 e. The highest BCUT2D eigenvalue weighted by Crippen LogP contribution is 2.33. The molecule has 2 nitrogen and oxygen atoms in total. The standard InChI is InChI=1S/C15H14Cl2O2/c1-9-3-4-14(19-2)13(5-9)15(18)10-6-11(16)8-12(17)7-10/h3-8,15,18H,1-2H3. The number of methoxy groups -OCH3 is 1. The number of aliphatic hydroxyl groups excluding tert-OH is 1. The second-order valence-electron chi connectivity index (χ2n) is 4.35. The Labute approximate surface area is 122 Å². The zero-order valence-electron chi connectivity index (χ0n) is 10.7. The molecule has 0 spiro atoms. The summed E-state index contributed by atoms with van der Waals surface area (Å²) in [4.78, 5) is 0. The molecular weight excluding hydrogens is 283 g/mol. The average molecular weight is 297 g/mol. The van der Waals surface area contributed by atoms with Gasteiger partial charge in [0.25, 0.3) is 0 Å². The fourth-order valence-corrected chi connectivity index (χ4v) is 2.52. The molecule has 1 unspecified atom stereocenters. The highest BCUT2D eigenvalue weighted by atomic mass is 35.5. The van der Waals surface area contributed by atoms with Crippen molar-refractivity contribution < 1.29 is 9.84 Å². The maximum absolute atomic E-state index is 10.5. The molecule has 0 aliphatic heterocycles. The predicted octanol–water partition coefficient (Wildman–Crippen LogP) is 4.39. The zero-order chi connectivity index (χ0) is 14.0. The van der Waals surface area contributed by atoms with Gasteiger partial charge in [0.1, 0.15) is 11.9 Å². The normalized spacial score (nSPS) is 12.3. The minimum atomic E-state index is -0.828. The van der Waals surface area contributed by atoms with Crippen molar-refractivity contribution in [3.8, 4) is 5.75 Å². The maximum Gasteiger partial charge on any atom is 0.125 e. The monoisotopic (exact) mass is 296 g/mol. The van der Waals surface area contributed by atoms with Crippen LogP contribution in [-0.2, 0) is 0 Å². The van der Waals surface area contributed by atoms with Crippen LogP contribution in [0.25, 0.3) is 0 Å². The van der Waals surface area contributed by atoms with Crippen LogP contribution in [0, 0.1) is 6.92 Å². The van der Waals surface area contributed by atoms with E-state index in [0.29, 0.717) is 26.9 Å². The summed E-state index contributed by atoms with van der Waals surface area (Å²) in [6, 6.07) is 10.7.